The molecular weight excluding hydrogens is 373 g/mol. The van der Waals surface area contributed by atoms with Gasteiger partial charge in [-0.3, -0.25) is 14.5 Å². The molecule has 1 aliphatic heterocycles. The van der Waals surface area contributed by atoms with E-state index >= 15 is 0 Å². The van der Waals surface area contributed by atoms with Crippen LogP contribution in [-0.2, 0) is 16.1 Å². The molecule has 0 spiro atoms. The van der Waals surface area contributed by atoms with Gasteiger partial charge in [0.15, 0.2) is 0 Å². The van der Waals surface area contributed by atoms with Crippen LogP contribution in [0.3, 0.4) is 0 Å². The molecule has 6 nitrogen and oxygen atoms in total. The Bertz CT molecular complexity index is 897. The minimum Gasteiger partial charge on any atom is -0.284 e. The normalized spacial score (nSPS) is 14.6. The van der Waals surface area contributed by atoms with E-state index in [9.17, 15) is 18.8 Å². The molecule has 0 radical (unpaired) electrons. The molecule has 0 aliphatic carbocycles. The summed E-state index contributed by atoms with van der Waals surface area (Å²) in [6, 6.07) is 10.3. The molecule has 140 valence electrons. The Kier molecular flexibility index (Phi) is 5.25. The first kappa shape index (κ1) is 19.0. The molecule has 1 fully saturated rings. The number of rotatable bonds is 5. The molecule has 2 aromatic rings. The Morgan fingerprint density at radius 1 is 1.04 bits per heavy atom. The van der Waals surface area contributed by atoms with Crippen molar-refractivity contribution in [3.8, 4) is 0 Å². The Labute approximate surface area is 160 Å². The van der Waals surface area contributed by atoms with Gasteiger partial charge < -0.3 is 0 Å². The number of carbonyl (C=O) groups excluding carboxylic acids is 3. The van der Waals surface area contributed by atoms with Crippen molar-refractivity contribution in [3.05, 3.63) is 64.4 Å². The number of carbonyl (C=O) groups is 3. The van der Waals surface area contributed by atoms with Gasteiger partial charge in [-0.1, -0.05) is 35.4 Å². The monoisotopic (exact) mass is 389 g/mol. The number of amides is 4. The summed E-state index contributed by atoms with van der Waals surface area (Å²) >= 11 is 6.01. The summed E-state index contributed by atoms with van der Waals surface area (Å²) in [5.74, 6) is -2.32. The summed E-state index contributed by atoms with van der Waals surface area (Å²) in [7, 11) is 1.60. The number of benzene rings is 2. The minimum absolute atomic E-state index is 0.0707. The quantitative estimate of drug-likeness (QED) is 0.582. The van der Waals surface area contributed by atoms with Crippen molar-refractivity contribution in [3.63, 3.8) is 0 Å². The van der Waals surface area contributed by atoms with Crippen LogP contribution < -0.4 is 4.90 Å². The van der Waals surface area contributed by atoms with E-state index in [-0.39, 0.29) is 23.8 Å². The number of hydrogen-bond acceptors (Lipinski definition) is 4. The van der Waals surface area contributed by atoms with Crippen LogP contribution in [0.5, 0.6) is 0 Å². The highest BCUT2D eigenvalue weighted by Crippen LogP contribution is 2.24. The maximum absolute atomic E-state index is 13.9. The second-order valence-electron chi connectivity index (χ2n) is 6.35. The van der Waals surface area contributed by atoms with Gasteiger partial charge in [0.2, 0.25) is 0 Å². The van der Waals surface area contributed by atoms with Crippen molar-refractivity contribution >= 4 is 35.1 Å². The van der Waals surface area contributed by atoms with Crippen molar-refractivity contribution in [2.45, 2.75) is 13.5 Å². The van der Waals surface area contributed by atoms with Gasteiger partial charge in [0, 0.05) is 17.1 Å². The zero-order valence-corrected chi connectivity index (χ0v) is 15.5. The lowest BCUT2D eigenvalue weighted by Crippen LogP contribution is -2.40. The van der Waals surface area contributed by atoms with Crippen molar-refractivity contribution < 1.29 is 18.8 Å². The Morgan fingerprint density at radius 3 is 2.33 bits per heavy atom. The van der Waals surface area contributed by atoms with Gasteiger partial charge in [-0.15, -0.1) is 0 Å². The zero-order chi connectivity index (χ0) is 19.7. The minimum atomic E-state index is -0.924. The maximum Gasteiger partial charge on any atom is 0.340 e. The largest absolute Gasteiger partial charge is 0.340 e. The zero-order valence-electron chi connectivity index (χ0n) is 14.8. The van der Waals surface area contributed by atoms with Crippen LogP contribution in [-0.4, -0.2) is 41.4 Å². The molecule has 0 N–H and O–H groups in total. The highest BCUT2D eigenvalue weighted by atomic mass is 35.5. The number of aryl methyl sites for hydroxylation is 1. The number of imide groups is 2. The molecule has 1 saturated heterocycles. The predicted molar refractivity (Wildman–Crippen MR) is 98.7 cm³/mol. The number of urea groups is 1. The highest BCUT2D eigenvalue weighted by Gasteiger charge is 2.45. The van der Waals surface area contributed by atoms with E-state index in [0.29, 0.717) is 5.69 Å². The fourth-order valence-corrected chi connectivity index (χ4v) is 3.02. The lowest BCUT2D eigenvalue weighted by atomic mass is 10.2. The smallest absolute Gasteiger partial charge is 0.284 e. The molecule has 2 aromatic carbocycles. The van der Waals surface area contributed by atoms with Crippen molar-refractivity contribution in [2.75, 3.05) is 18.6 Å². The van der Waals surface area contributed by atoms with E-state index in [1.807, 2.05) is 6.92 Å². The van der Waals surface area contributed by atoms with Crippen molar-refractivity contribution in [1.29, 1.82) is 0 Å². The van der Waals surface area contributed by atoms with E-state index in [4.69, 9.17) is 11.6 Å². The summed E-state index contributed by atoms with van der Waals surface area (Å²) in [5.41, 5.74) is 1.54. The summed E-state index contributed by atoms with van der Waals surface area (Å²) in [4.78, 5) is 40.4. The van der Waals surface area contributed by atoms with Crippen LogP contribution in [0.15, 0.2) is 42.5 Å². The Morgan fingerprint density at radius 2 is 1.70 bits per heavy atom. The SMILES string of the molecule is Cc1ccc(N2C(=O)C(=O)N(CN(C)Cc3c(F)cccc3Cl)C2=O)cc1. The van der Waals surface area contributed by atoms with Gasteiger partial charge in [0.1, 0.15) is 5.82 Å². The van der Waals surface area contributed by atoms with E-state index in [0.717, 1.165) is 15.4 Å². The van der Waals surface area contributed by atoms with Gasteiger partial charge in [0.25, 0.3) is 0 Å². The van der Waals surface area contributed by atoms with E-state index in [2.05, 4.69) is 0 Å². The van der Waals surface area contributed by atoms with E-state index in [1.54, 1.807) is 37.4 Å². The molecule has 1 heterocycles. The highest BCUT2D eigenvalue weighted by molar-refractivity contribution is 6.52. The molecule has 0 unspecified atom stereocenters. The molecule has 1 aliphatic rings. The second kappa shape index (κ2) is 7.46. The molecule has 8 heteroatoms. The van der Waals surface area contributed by atoms with Gasteiger partial charge >= 0.3 is 17.8 Å². The standard InChI is InChI=1S/C19H17ClFN3O3/c1-12-6-8-13(9-7-12)24-18(26)17(25)23(19(24)27)11-22(2)10-14-15(20)4-3-5-16(14)21/h3-9H,10-11H2,1-2H3. The third-order valence-electron chi connectivity index (χ3n) is 4.22. The number of nitrogens with zero attached hydrogens (tertiary/aromatic N) is 3. The lowest BCUT2D eigenvalue weighted by Gasteiger charge is -2.23. The Hall–Kier alpha value is -2.77. The molecular formula is C19H17ClFN3O3. The molecule has 27 heavy (non-hydrogen) atoms. The fraction of sp³-hybridized carbons (Fsp3) is 0.211. The molecule has 0 saturated carbocycles. The van der Waals surface area contributed by atoms with Gasteiger partial charge in [-0.2, -0.15) is 0 Å². The first-order valence-electron chi connectivity index (χ1n) is 8.17. The molecule has 0 aromatic heterocycles. The van der Waals surface area contributed by atoms with Crippen molar-refractivity contribution in [2.24, 2.45) is 0 Å². The van der Waals surface area contributed by atoms with Crippen LogP contribution in [0.2, 0.25) is 5.02 Å². The third-order valence-corrected chi connectivity index (χ3v) is 4.57. The summed E-state index contributed by atoms with van der Waals surface area (Å²) in [5, 5.41) is 0.248. The lowest BCUT2D eigenvalue weighted by molar-refractivity contribution is -0.140. The van der Waals surface area contributed by atoms with Crippen LogP contribution in [0.4, 0.5) is 14.9 Å². The van der Waals surface area contributed by atoms with E-state index < -0.39 is 23.7 Å². The van der Waals surface area contributed by atoms with E-state index in [1.165, 1.54) is 17.0 Å². The van der Waals surface area contributed by atoms with Gasteiger partial charge in [-0.25, -0.2) is 19.0 Å². The molecule has 0 atom stereocenters. The summed E-state index contributed by atoms with van der Waals surface area (Å²) < 4.78 is 13.9. The van der Waals surface area contributed by atoms with Gasteiger partial charge in [-0.05, 0) is 38.2 Å². The maximum atomic E-state index is 13.9. The van der Waals surface area contributed by atoms with Crippen LogP contribution in [0.1, 0.15) is 11.1 Å². The van der Waals surface area contributed by atoms with Crippen LogP contribution >= 0.6 is 11.6 Å². The molecule has 4 amide bonds. The fourth-order valence-electron chi connectivity index (χ4n) is 2.80. The Balaban J connectivity index is 1.77. The van der Waals surface area contributed by atoms with Crippen molar-refractivity contribution in [1.82, 2.24) is 9.80 Å². The van der Waals surface area contributed by atoms with Crippen LogP contribution in [0.25, 0.3) is 0 Å². The number of anilines is 1. The average Bonchev–Trinajstić information content (AvgIpc) is 2.83. The number of hydrogen-bond donors (Lipinski definition) is 0. The first-order valence-corrected chi connectivity index (χ1v) is 8.55. The first-order chi connectivity index (χ1) is 12.8. The van der Waals surface area contributed by atoms with Crippen LogP contribution in [0, 0.1) is 12.7 Å². The summed E-state index contributed by atoms with van der Waals surface area (Å²) in [6.45, 7) is 1.77. The third kappa shape index (κ3) is 3.70. The average molecular weight is 390 g/mol. The topological polar surface area (TPSA) is 60.9 Å². The molecule has 0 bridgehead atoms. The summed E-state index contributed by atoms with van der Waals surface area (Å²) in [6.07, 6.45) is 0. The number of halogens is 2. The van der Waals surface area contributed by atoms with Gasteiger partial charge in [0.05, 0.1) is 12.4 Å². The predicted octanol–water partition coefficient (Wildman–Crippen LogP) is 3.17. The second-order valence-corrected chi connectivity index (χ2v) is 6.75. The molecule has 3 rings (SSSR count).